The van der Waals surface area contributed by atoms with Crippen molar-refractivity contribution >= 4 is 17.6 Å². The van der Waals surface area contributed by atoms with E-state index in [9.17, 15) is 9.59 Å². The highest BCUT2D eigenvalue weighted by atomic mass is 16.5. The molecule has 2 amide bonds. The number of anilines is 1. The summed E-state index contributed by atoms with van der Waals surface area (Å²) in [6.45, 7) is 3.82. The molecule has 0 radical (unpaired) electrons. The van der Waals surface area contributed by atoms with Gasteiger partial charge in [0.15, 0.2) is 6.23 Å². The zero-order valence-corrected chi connectivity index (χ0v) is 16.1. The van der Waals surface area contributed by atoms with Gasteiger partial charge in [0.1, 0.15) is 18.2 Å². The van der Waals surface area contributed by atoms with E-state index < -0.39 is 6.23 Å². The number of carbonyl (C=O) groups is 2. The van der Waals surface area contributed by atoms with Gasteiger partial charge >= 0.3 is 0 Å². The van der Waals surface area contributed by atoms with Crippen molar-refractivity contribution in [2.24, 2.45) is 0 Å². The Morgan fingerprint density at radius 2 is 1.93 bits per heavy atom. The van der Waals surface area contributed by atoms with Gasteiger partial charge in [0.25, 0.3) is 11.8 Å². The molecule has 1 unspecified atom stereocenters. The average molecular weight is 381 g/mol. The molecule has 1 N–H and O–H groups in total. The lowest BCUT2D eigenvalue weighted by Gasteiger charge is -2.26. The second-order valence-corrected chi connectivity index (χ2v) is 6.52. The van der Waals surface area contributed by atoms with E-state index in [1.54, 1.807) is 43.3 Å². The lowest BCUT2D eigenvalue weighted by Crippen LogP contribution is -2.38. The van der Waals surface area contributed by atoms with Crippen molar-refractivity contribution in [1.29, 1.82) is 0 Å². The molecule has 1 atom stereocenters. The van der Waals surface area contributed by atoms with Crippen molar-refractivity contribution < 1.29 is 19.1 Å². The summed E-state index contributed by atoms with van der Waals surface area (Å²) in [5, 5.41) is 2.67. The third-order valence-corrected chi connectivity index (χ3v) is 4.64. The highest BCUT2D eigenvalue weighted by Crippen LogP contribution is 2.28. The number of rotatable bonds is 7. The van der Waals surface area contributed by atoms with Crippen LogP contribution in [0, 0.1) is 0 Å². The first-order valence-electron chi connectivity index (χ1n) is 8.93. The highest BCUT2D eigenvalue weighted by molar-refractivity contribution is 5.97. The summed E-state index contributed by atoms with van der Waals surface area (Å²) >= 11 is 0. The van der Waals surface area contributed by atoms with E-state index in [4.69, 9.17) is 9.47 Å². The van der Waals surface area contributed by atoms with Crippen molar-refractivity contribution in [2.75, 3.05) is 19.0 Å². The lowest BCUT2D eigenvalue weighted by molar-refractivity contribution is -0.140. The molecule has 1 aliphatic rings. The van der Waals surface area contributed by atoms with Crippen molar-refractivity contribution in [3.63, 3.8) is 0 Å². The molecule has 0 aliphatic carbocycles. The molecular weight excluding hydrogens is 358 g/mol. The second-order valence-electron chi connectivity index (χ2n) is 6.52. The van der Waals surface area contributed by atoms with Gasteiger partial charge in [-0.05, 0) is 49.2 Å². The molecule has 1 aromatic carbocycles. The number of pyridine rings is 1. The molecule has 0 spiro atoms. The number of nitrogens with zero attached hydrogens (tertiary/aromatic N) is 2. The van der Waals surface area contributed by atoms with E-state index in [0.29, 0.717) is 17.9 Å². The molecule has 0 bridgehead atoms. The minimum absolute atomic E-state index is 0.0940. The summed E-state index contributed by atoms with van der Waals surface area (Å²) in [7, 11) is 1.61. The topological polar surface area (TPSA) is 80.8 Å². The Kier molecular flexibility index (Phi) is 6.06. The molecule has 7 nitrogen and oxygen atoms in total. The zero-order valence-electron chi connectivity index (χ0n) is 16.1. The fourth-order valence-corrected chi connectivity index (χ4v) is 2.98. The molecule has 146 valence electrons. The van der Waals surface area contributed by atoms with E-state index in [-0.39, 0.29) is 18.4 Å². The van der Waals surface area contributed by atoms with Crippen LogP contribution in [0.15, 0.2) is 59.8 Å². The van der Waals surface area contributed by atoms with Gasteiger partial charge in [-0.3, -0.25) is 9.59 Å². The largest absolute Gasteiger partial charge is 0.497 e. The summed E-state index contributed by atoms with van der Waals surface area (Å²) in [5.74, 6) is 0.787. The Hall–Kier alpha value is -3.19. The van der Waals surface area contributed by atoms with Crippen molar-refractivity contribution in [1.82, 2.24) is 9.88 Å². The number of aromatic nitrogens is 1. The maximum atomic E-state index is 12.6. The van der Waals surface area contributed by atoms with E-state index in [0.717, 1.165) is 16.9 Å². The van der Waals surface area contributed by atoms with Crippen LogP contribution < -0.4 is 10.1 Å². The predicted molar refractivity (Wildman–Crippen MR) is 105 cm³/mol. The van der Waals surface area contributed by atoms with E-state index in [2.05, 4.69) is 10.3 Å². The van der Waals surface area contributed by atoms with Crippen LogP contribution in [0.2, 0.25) is 0 Å². The van der Waals surface area contributed by atoms with Crippen LogP contribution in [0.25, 0.3) is 0 Å². The summed E-state index contributed by atoms with van der Waals surface area (Å²) < 4.78 is 11.0. The average Bonchev–Trinajstić information content (AvgIpc) is 2.91. The Bertz CT molecular complexity index is 878. The number of nitrogens with one attached hydrogen (secondary N) is 1. The van der Waals surface area contributed by atoms with Crippen LogP contribution >= 0.6 is 0 Å². The smallest absolute Gasteiger partial charge is 0.252 e. The minimum atomic E-state index is -0.580. The molecular formula is C21H23N3O4. The normalized spacial score (nSPS) is 16.5. The molecule has 1 aliphatic heterocycles. The van der Waals surface area contributed by atoms with Gasteiger partial charge in [0.2, 0.25) is 0 Å². The zero-order chi connectivity index (χ0) is 20.1. The van der Waals surface area contributed by atoms with Gasteiger partial charge in [-0.2, -0.15) is 0 Å². The summed E-state index contributed by atoms with van der Waals surface area (Å²) in [6, 6.07) is 12.7. The highest BCUT2D eigenvalue weighted by Gasteiger charge is 2.35. The molecule has 7 heteroatoms. The third kappa shape index (κ3) is 4.37. The number of carbonyl (C=O) groups excluding carboxylic acids is 2. The van der Waals surface area contributed by atoms with Gasteiger partial charge in [0.05, 0.1) is 7.11 Å². The van der Waals surface area contributed by atoms with Crippen LogP contribution in [-0.4, -0.2) is 41.6 Å². The molecule has 0 fully saturated rings. The maximum Gasteiger partial charge on any atom is 0.252 e. The minimum Gasteiger partial charge on any atom is -0.497 e. The van der Waals surface area contributed by atoms with Crippen LogP contribution in [0.3, 0.4) is 0 Å². The molecule has 0 saturated carbocycles. The maximum absolute atomic E-state index is 12.6. The van der Waals surface area contributed by atoms with E-state index in [1.165, 1.54) is 0 Å². The van der Waals surface area contributed by atoms with Crippen molar-refractivity contribution in [3.8, 4) is 5.75 Å². The first-order valence-corrected chi connectivity index (χ1v) is 8.93. The number of ether oxygens (including phenoxy) is 2. The third-order valence-electron chi connectivity index (χ3n) is 4.64. The van der Waals surface area contributed by atoms with Crippen LogP contribution in [0.1, 0.15) is 19.4 Å². The lowest BCUT2D eigenvalue weighted by atomic mass is 10.2. The first-order chi connectivity index (χ1) is 13.5. The Morgan fingerprint density at radius 1 is 1.18 bits per heavy atom. The SMILES string of the molecule is COc1ccc(CN2C(=O)C(C)=C(C)C2OCC(=O)Nc2ccccn2)cc1. The molecule has 1 aromatic heterocycles. The van der Waals surface area contributed by atoms with Crippen molar-refractivity contribution in [2.45, 2.75) is 26.6 Å². The quantitative estimate of drug-likeness (QED) is 0.798. The molecule has 3 rings (SSSR count). The number of benzene rings is 1. The monoisotopic (exact) mass is 381 g/mol. The Balaban J connectivity index is 1.65. The van der Waals surface area contributed by atoms with Gasteiger partial charge in [-0.15, -0.1) is 0 Å². The van der Waals surface area contributed by atoms with Crippen LogP contribution in [0.5, 0.6) is 5.75 Å². The van der Waals surface area contributed by atoms with Crippen LogP contribution in [0.4, 0.5) is 5.82 Å². The van der Waals surface area contributed by atoms with Crippen LogP contribution in [-0.2, 0) is 20.9 Å². The summed E-state index contributed by atoms with van der Waals surface area (Å²) in [4.78, 5) is 30.5. The molecule has 2 aromatic rings. The first kappa shape index (κ1) is 19.6. The summed E-state index contributed by atoms with van der Waals surface area (Å²) in [6.07, 6.45) is 1.02. The standard InChI is InChI=1S/C21H23N3O4/c1-14-15(2)21(28-13-19(25)23-18-6-4-5-11-22-18)24(20(14)26)12-16-7-9-17(27-3)10-8-16/h4-11,21H,12-13H2,1-3H3,(H,22,23,25). The van der Waals surface area contributed by atoms with E-state index >= 15 is 0 Å². The molecule has 0 saturated heterocycles. The molecule has 28 heavy (non-hydrogen) atoms. The van der Waals surface area contributed by atoms with Gasteiger partial charge in [-0.25, -0.2) is 4.98 Å². The molecule has 2 heterocycles. The predicted octanol–water partition coefficient (Wildman–Crippen LogP) is 2.75. The summed E-state index contributed by atoms with van der Waals surface area (Å²) in [5.41, 5.74) is 2.40. The number of amides is 2. The number of methoxy groups -OCH3 is 1. The number of hydrogen-bond donors (Lipinski definition) is 1. The number of hydrogen-bond acceptors (Lipinski definition) is 5. The van der Waals surface area contributed by atoms with Gasteiger partial charge in [0, 0.05) is 18.3 Å². The van der Waals surface area contributed by atoms with Gasteiger partial charge < -0.3 is 19.7 Å². The fraction of sp³-hybridized carbons (Fsp3) is 0.286. The Labute approximate surface area is 164 Å². The second kappa shape index (κ2) is 8.67. The Morgan fingerprint density at radius 3 is 2.57 bits per heavy atom. The van der Waals surface area contributed by atoms with Crippen molar-refractivity contribution in [3.05, 3.63) is 65.4 Å². The fourth-order valence-electron chi connectivity index (χ4n) is 2.98. The van der Waals surface area contributed by atoms with E-state index in [1.807, 2.05) is 31.2 Å². The van der Waals surface area contributed by atoms with Gasteiger partial charge in [-0.1, -0.05) is 18.2 Å².